The predicted molar refractivity (Wildman–Crippen MR) is 95.6 cm³/mol. The van der Waals surface area contributed by atoms with Crippen molar-refractivity contribution < 1.29 is 4.79 Å². The van der Waals surface area contributed by atoms with Gasteiger partial charge in [-0.25, -0.2) is 0 Å². The van der Waals surface area contributed by atoms with Gasteiger partial charge in [0, 0.05) is 19.3 Å². The minimum Gasteiger partial charge on any atom is -0.356 e. The summed E-state index contributed by atoms with van der Waals surface area (Å²) in [5, 5.41) is 9.16. The molecule has 0 heterocycles. The maximum Gasteiger partial charge on any atom is 0.243 e. The lowest BCUT2D eigenvalue weighted by Crippen LogP contribution is -2.41. The first kappa shape index (κ1) is 17.3. The van der Waals surface area contributed by atoms with E-state index in [-0.39, 0.29) is 12.5 Å². The van der Waals surface area contributed by atoms with Gasteiger partial charge in [-0.15, -0.1) is 0 Å². The first-order valence-electron chi connectivity index (χ1n) is 8.57. The molecule has 5 heteroatoms. The smallest absolute Gasteiger partial charge is 0.243 e. The number of amides is 1. The number of nitrogens with zero attached hydrogens (tertiary/aromatic N) is 1. The monoisotopic (exact) mass is 316 g/mol. The molecule has 1 aromatic rings. The van der Waals surface area contributed by atoms with Gasteiger partial charge in [0.1, 0.15) is 0 Å². The Bertz CT molecular complexity index is 495. The quantitative estimate of drug-likeness (QED) is 0.412. The van der Waals surface area contributed by atoms with E-state index in [2.05, 4.69) is 20.9 Å². The van der Waals surface area contributed by atoms with Crippen LogP contribution in [0.2, 0.25) is 0 Å². The molecule has 126 valence electrons. The summed E-state index contributed by atoms with van der Waals surface area (Å²) in [4.78, 5) is 16.0. The minimum atomic E-state index is -0.0786. The summed E-state index contributed by atoms with van der Waals surface area (Å²) in [5.74, 6) is 1.52. The summed E-state index contributed by atoms with van der Waals surface area (Å²) in [7, 11) is 1.72. The molecular weight excluding hydrogens is 288 g/mol. The lowest BCUT2D eigenvalue weighted by Gasteiger charge is -2.13. The van der Waals surface area contributed by atoms with Crippen molar-refractivity contribution in [1.29, 1.82) is 0 Å². The van der Waals surface area contributed by atoms with E-state index in [9.17, 15) is 4.79 Å². The van der Waals surface area contributed by atoms with Gasteiger partial charge in [-0.05, 0) is 30.9 Å². The van der Waals surface area contributed by atoms with E-state index in [4.69, 9.17) is 0 Å². The highest BCUT2D eigenvalue weighted by Gasteiger charge is 2.14. The SMILES string of the molecule is CN=C(NCCCC1CCCC1)NCC(=O)Nc1ccccc1. The maximum atomic E-state index is 11.9. The first-order chi connectivity index (χ1) is 11.3. The highest BCUT2D eigenvalue weighted by atomic mass is 16.1. The molecule has 3 N–H and O–H groups in total. The number of carbonyl (C=O) groups is 1. The lowest BCUT2D eigenvalue weighted by atomic mass is 10.0. The van der Waals surface area contributed by atoms with Crippen LogP contribution in [0.3, 0.4) is 0 Å². The molecule has 1 saturated carbocycles. The lowest BCUT2D eigenvalue weighted by molar-refractivity contribution is -0.115. The third-order valence-electron chi connectivity index (χ3n) is 4.25. The number of rotatable bonds is 7. The number of hydrogen-bond acceptors (Lipinski definition) is 2. The highest BCUT2D eigenvalue weighted by molar-refractivity contribution is 5.94. The van der Waals surface area contributed by atoms with E-state index in [1.165, 1.54) is 32.1 Å². The van der Waals surface area contributed by atoms with Crippen molar-refractivity contribution in [2.75, 3.05) is 25.5 Å². The van der Waals surface area contributed by atoms with E-state index < -0.39 is 0 Å². The molecule has 1 aromatic carbocycles. The first-order valence-corrected chi connectivity index (χ1v) is 8.57. The van der Waals surface area contributed by atoms with E-state index in [1.807, 2.05) is 30.3 Å². The van der Waals surface area contributed by atoms with Gasteiger partial charge < -0.3 is 16.0 Å². The Hall–Kier alpha value is -2.04. The fourth-order valence-electron chi connectivity index (χ4n) is 3.01. The third-order valence-corrected chi connectivity index (χ3v) is 4.25. The molecule has 1 aliphatic carbocycles. The van der Waals surface area contributed by atoms with Crippen LogP contribution in [-0.4, -0.2) is 32.0 Å². The van der Waals surface area contributed by atoms with Gasteiger partial charge in [-0.3, -0.25) is 9.79 Å². The van der Waals surface area contributed by atoms with Crippen LogP contribution < -0.4 is 16.0 Å². The standard InChI is InChI=1S/C18H28N4O/c1-19-18(20-13-7-10-15-8-5-6-9-15)21-14-17(23)22-16-11-3-2-4-12-16/h2-4,11-12,15H,5-10,13-14H2,1H3,(H,22,23)(H2,19,20,21). The molecule has 0 aromatic heterocycles. The predicted octanol–water partition coefficient (Wildman–Crippen LogP) is 2.76. The summed E-state index contributed by atoms with van der Waals surface area (Å²) in [6.45, 7) is 1.10. The Kier molecular flexibility index (Phi) is 7.43. The Morgan fingerprint density at radius 2 is 1.91 bits per heavy atom. The van der Waals surface area contributed by atoms with Crippen LogP contribution in [-0.2, 0) is 4.79 Å². The largest absolute Gasteiger partial charge is 0.356 e. The fourth-order valence-corrected chi connectivity index (χ4v) is 3.01. The van der Waals surface area contributed by atoms with E-state index in [1.54, 1.807) is 7.05 Å². The van der Waals surface area contributed by atoms with E-state index in [0.717, 1.165) is 24.6 Å². The number of carbonyl (C=O) groups excluding carboxylic acids is 1. The zero-order valence-corrected chi connectivity index (χ0v) is 14.0. The van der Waals surface area contributed by atoms with Gasteiger partial charge in [0.2, 0.25) is 5.91 Å². The van der Waals surface area contributed by atoms with E-state index in [0.29, 0.717) is 5.96 Å². The van der Waals surface area contributed by atoms with Crippen molar-refractivity contribution >= 4 is 17.6 Å². The Morgan fingerprint density at radius 3 is 2.61 bits per heavy atom. The van der Waals surface area contributed by atoms with Crippen LogP contribution in [0, 0.1) is 5.92 Å². The fraction of sp³-hybridized carbons (Fsp3) is 0.556. The highest BCUT2D eigenvalue weighted by Crippen LogP contribution is 2.28. The molecule has 0 bridgehead atoms. The zero-order chi connectivity index (χ0) is 16.3. The van der Waals surface area contributed by atoms with Crippen molar-refractivity contribution in [3.63, 3.8) is 0 Å². The molecule has 5 nitrogen and oxygen atoms in total. The van der Waals surface area contributed by atoms with Crippen LogP contribution in [0.1, 0.15) is 38.5 Å². The maximum absolute atomic E-state index is 11.9. The normalized spacial score (nSPS) is 15.4. The van der Waals surface area contributed by atoms with Crippen molar-refractivity contribution in [2.24, 2.45) is 10.9 Å². The summed E-state index contributed by atoms with van der Waals surface area (Å²) >= 11 is 0. The second-order valence-electron chi connectivity index (χ2n) is 6.06. The molecule has 23 heavy (non-hydrogen) atoms. The van der Waals surface area contributed by atoms with Crippen LogP contribution in [0.15, 0.2) is 35.3 Å². The molecule has 0 unspecified atom stereocenters. The van der Waals surface area contributed by atoms with Gasteiger partial charge in [0.05, 0.1) is 6.54 Å². The van der Waals surface area contributed by atoms with Gasteiger partial charge >= 0.3 is 0 Å². The molecule has 1 fully saturated rings. The van der Waals surface area contributed by atoms with Crippen molar-refractivity contribution in [2.45, 2.75) is 38.5 Å². The molecule has 0 atom stereocenters. The second kappa shape index (κ2) is 9.87. The second-order valence-corrected chi connectivity index (χ2v) is 6.06. The molecule has 0 aliphatic heterocycles. The third kappa shape index (κ3) is 6.72. The summed E-state index contributed by atoms with van der Waals surface area (Å²) in [6, 6.07) is 9.45. The Balaban J connectivity index is 1.59. The van der Waals surface area contributed by atoms with Crippen LogP contribution in [0.4, 0.5) is 5.69 Å². The molecule has 1 amide bonds. The molecular formula is C18H28N4O. The zero-order valence-electron chi connectivity index (χ0n) is 14.0. The summed E-state index contributed by atoms with van der Waals surface area (Å²) in [6.07, 6.45) is 8.04. The average molecular weight is 316 g/mol. The number of hydrogen-bond donors (Lipinski definition) is 3. The Morgan fingerprint density at radius 1 is 1.17 bits per heavy atom. The number of anilines is 1. The topological polar surface area (TPSA) is 65.5 Å². The van der Waals surface area contributed by atoms with Crippen molar-refractivity contribution in [1.82, 2.24) is 10.6 Å². The van der Waals surface area contributed by atoms with Gasteiger partial charge in [0.25, 0.3) is 0 Å². The molecule has 0 radical (unpaired) electrons. The van der Waals surface area contributed by atoms with Crippen LogP contribution in [0.25, 0.3) is 0 Å². The van der Waals surface area contributed by atoms with E-state index >= 15 is 0 Å². The van der Waals surface area contributed by atoms with Crippen molar-refractivity contribution in [3.8, 4) is 0 Å². The van der Waals surface area contributed by atoms with Gasteiger partial charge in [0.15, 0.2) is 5.96 Å². The minimum absolute atomic E-state index is 0.0786. The van der Waals surface area contributed by atoms with Gasteiger partial charge in [-0.2, -0.15) is 0 Å². The Labute approximate surface area is 139 Å². The van der Waals surface area contributed by atoms with Crippen LogP contribution in [0.5, 0.6) is 0 Å². The molecule has 1 aliphatic rings. The molecule has 0 spiro atoms. The number of benzene rings is 1. The van der Waals surface area contributed by atoms with Crippen LogP contribution >= 0.6 is 0 Å². The average Bonchev–Trinajstić information content (AvgIpc) is 3.08. The number of guanidine groups is 1. The van der Waals surface area contributed by atoms with Gasteiger partial charge in [-0.1, -0.05) is 43.9 Å². The number of aliphatic imine (C=N–C) groups is 1. The van der Waals surface area contributed by atoms with Crippen molar-refractivity contribution in [3.05, 3.63) is 30.3 Å². The number of para-hydroxylation sites is 1. The molecule has 0 saturated heterocycles. The number of nitrogens with one attached hydrogen (secondary N) is 3. The summed E-state index contributed by atoms with van der Waals surface area (Å²) < 4.78 is 0. The summed E-state index contributed by atoms with van der Waals surface area (Å²) in [5.41, 5.74) is 0.804. The molecule has 2 rings (SSSR count).